The van der Waals surface area contributed by atoms with Gasteiger partial charge in [0.15, 0.2) is 0 Å². The number of carbonyl (C=O) groups is 3. The quantitative estimate of drug-likeness (QED) is 0.248. The van der Waals surface area contributed by atoms with Crippen LogP contribution in [0.4, 0.5) is 0 Å². The third-order valence-electron chi connectivity index (χ3n) is 5.08. The predicted octanol–water partition coefficient (Wildman–Crippen LogP) is 5.15. The smallest absolute Gasteiger partial charge is 0.341 e. The Morgan fingerprint density at radius 2 is 1.61 bits per heavy atom. The molecule has 1 aromatic rings. The predicted molar refractivity (Wildman–Crippen MR) is 116 cm³/mol. The van der Waals surface area contributed by atoms with E-state index in [-0.39, 0.29) is 29.2 Å². The fourth-order valence-corrected chi connectivity index (χ4v) is 3.23. The van der Waals surface area contributed by atoms with Crippen LogP contribution in [-0.4, -0.2) is 17.9 Å². The average Bonchev–Trinajstić information content (AvgIpc) is 2.79. The summed E-state index contributed by atoms with van der Waals surface area (Å²) in [5.41, 5.74) is 1.47. The van der Waals surface area contributed by atoms with Gasteiger partial charge in [-0.1, -0.05) is 56.2 Å². The van der Waals surface area contributed by atoms with Crippen molar-refractivity contribution < 1.29 is 28.6 Å². The van der Waals surface area contributed by atoms with Gasteiger partial charge in [0.05, 0.1) is 11.1 Å². The van der Waals surface area contributed by atoms with Gasteiger partial charge in [0.1, 0.15) is 18.6 Å². The Labute approximate surface area is 183 Å². The third-order valence-corrected chi connectivity index (χ3v) is 5.08. The zero-order chi connectivity index (χ0) is 22.8. The van der Waals surface area contributed by atoms with E-state index >= 15 is 0 Å². The van der Waals surface area contributed by atoms with Gasteiger partial charge in [-0.25, -0.2) is 14.4 Å². The lowest BCUT2D eigenvalue weighted by atomic mass is 9.86. The van der Waals surface area contributed by atoms with Gasteiger partial charge in [0.2, 0.25) is 0 Å². The van der Waals surface area contributed by atoms with E-state index in [0.29, 0.717) is 5.76 Å². The second-order valence-corrected chi connectivity index (χ2v) is 7.76. The first kappa shape index (κ1) is 24.1. The van der Waals surface area contributed by atoms with Crippen molar-refractivity contribution in [3.63, 3.8) is 0 Å². The largest absolute Gasteiger partial charge is 0.457 e. The Bertz CT molecular complexity index is 873. The number of hydrogen-bond acceptors (Lipinski definition) is 6. The summed E-state index contributed by atoms with van der Waals surface area (Å²) in [5, 5.41) is 0. The summed E-state index contributed by atoms with van der Waals surface area (Å²) >= 11 is 0. The standard InChI is InChI=1S/C25H30O6/c1-17(2)23(26)31-22(21-13-9-6-10-14-21)19(4)25(28)29-15-18(3)24(27)30-16-20-11-7-5-8-12-20/h5,7-8,11-12,15,21H,1,6,9-10,13-14,16H2,2-4H3. The highest BCUT2D eigenvalue weighted by Crippen LogP contribution is 2.33. The number of benzene rings is 1. The minimum atomic E-state index is -0.676. The Kier molecular flexibility index (Phi) is 9.25. The van der Waals surface area contributed by atoms with Gasteiger partial charge in [0, 0.05) is 11.5 Å². The molecule has 2 rings (SSSR count). The fourth-order valence-electron chi connectivity index (χ4n) is 3.23. The van der Waals surface area contributed by atoms with Crippen LogP contribution in [0.5, 0.6) is 0 Å². The first-order valence-corrected chi connectivity index (χ1v) is 10.5. The normalized spacial score (nSPS) is 15.5. The lowest BCUT2D eigenvalue weighted by Gasteiger charge is -2.25. The van der Waals surface area contributed by atoms with Crippen molar-refractivity contribution in [2.24, 2.45) is 5.92 Å². The molecule has 0 radical (unpaired) electrons. The van der Waals surface area contributed by atoms with Crippen molar-refractivity contribution in [2.45, 2.75) is 59.5 Å². The lowest BCUT2D eigenvalue weighted by molar-refractivity contribution is -0.140. The molecule has 0 heterocycles. The van der Waals surface area contributed by atoms with E-state index in [9.17, 15) is 14.4 Å². The molecule has 1 aromatic carbocycles. The van der Waals surface area contributed by atoms with Gasteiger partial charge in [0.25, 0.3) is 0 Å². The Hall–Kier alpha value is -3.15. The van der Waals surface area contributed by atoms with Crippen molar-refractivity contribution in [2.75, 3.05) is 0 Å². The summed E-state index contributed by atoms with van der Waals surface area (Å²) in [7, 11) is 0. The van der Waals surface area contributed by atoms with Crippen molar-refractivity contribution >= 4 is 17.9 Å². The number of hydrogen-bond donors (Lipinski definition) is 0. The molecule has 1 aliphatic rings. The van der Waals surface area contributed by atoms with Crippen molar-refractivity contribution in [1.29, 1.82) is 0 Å². The van der Waals surface area contributed by atoms with Gasteiger partial charge >= 0.3 is 17.9 Å². The molecular formula is C25H30O6. The van der Waals surface area contributed by atoms with E-state index in [1.165, 1.54) is 6.92 Å². The van der Waals surface area contributed by atoms with Gasteiger partial charge in [-0.15, -0.1) is 0 Å². The van der Waals surface area contributed by atoms with Crippen molar-refractivity contribution in [1.82, 2.24) is 0 Å². The van der Waals surface area contributed by atoms with E-state index in [2.05, 4.69) is 6.58 Å². The minimum Gasteiger partial charge on any atom is -0.457 e. The van der Waals surface area contributed by atoms with E-state index in [4.69, 9.17) is 14.2 Å². The highest BCUT2D eigenvalue weighted by molar-refractivity contribution is 5.92. The lowest BCUT2D eigenvalue weighted by Crippen LogP contribution is -2.19. The molecule has 0 aromatic heterocycles. The van der Waals surface area contributed by atoms with E-state index in [1.807, 2.05) is 30.3 Å². The molecule has 0 N–H and O–H groups in total. The monoisotopic (exact) mass is 426 g/mol. The zero-order valence-electron chi connectivity index (χ0n) is 18.4. The summed E-state index contributed by atoms with van der Waals surface area (Å²) in [4.78, 5) is 36.8. The molecule has 0 saturated heterocycles. The molecule has 6 nitrogen and oxygen atoms in total. The Morgan fingerprint density at radius 1 is 0.968 bits per heavy atom. The molecule has 1 aliphatic carbocycles. The zero-order valence-corrected chi connectivity index (χ0v) is 18.4. The van der Waals surface area contributed by atoms with Crippen LogP contribution in [0.2, 0.25) is 0 Å². The van der Waals surface area contributed by atoms with Crippen LogP contribution in [0.1, 0.15) is 58.4 Å². The molecule has 6 heteroatoms. The van der Waals surface area contributed by atoms with E-state index in [1.54, 1.807) is 13.8 Å². The molecule has 0 atom stereocenters. The summed E-state index contributed by atoms with van der Waals surface area (Å²) < 4.78 is 15.9. The van der Waals surface area contributed by atoms with Crippen LogP contribution in [0.3, 0.4) is 0 Å². The summed E-state index contributed by atoms with van der Waals surface area (Å²) in [5.74, 6) is -1.52. The van der Waals surface area contributed by atoms with Crippen LogP contribution in [0, 0.1) is 5.92 Å². The van der Waals surface area contributed by atoms with E-state index in [0.717, 1.165) is 43.9 Å². The molecule has 1 saturated carbocycles. The van der Waals surface area contributed by atoms with Crippen LogP contribution >= 0.6 is 0 Å². The summed E-state index contributed by atoms with van der Waals surface area (Å²) in [6.45, 7) is 8.35. The number of rotatable bonds is 8. The molecular weight excluding hydrogens is 396 g/mol. The number of carbonyl (C=O) groups excluding carboxylic acids is 3. The number of esters is 3. The topological polar surface area (TPSA) is 78.9 Å². The number of ether oxygens (including phenoxy) is 3. The maximum absolute atomic E-state index is 12.6. The first-order chi connectivity index (χ1) is 14.8. The maximum atomic E-state index is 12.6. The highest BCUT2D eigenvalue weighted by Gasteiger charge is 2.26. The molecule has 31 heavy (non-hydrogen) atoms. The molecule has 166 valence electrons. The Balaban J connectivity index is 2.05. The van der Waals surface area contributed by atoms with Gasteiger partial charge < -0.3 is 14.2 Å². The summed E-state index contributed by atoms with van der Waals surface area (Å²) in [6, 6.07) is 9.28. The van der Waals surface area contributed by atoms with Crippen LogP contribution < -0.4 is 0 Å². The molecule has 0 bridgehead atoms. The van der Waals surface area contributed by atoms with Gasteiger partial charge in [-0.05, 0) is 39.2 Å². The average molecular weight is 427 g/mol. The van der Waals surface area contributed by atoms with E-state index < -0.39 is 17.9 Å². The summed E-state index contributed by atoms with van der Waals surface area (Å²) in [6.07, 6.45) is 5.88. The molecule has 1 fully saturated rings. The molecule has 0 amide bonds. The van der Waals surface area contributed by atoms with Gasteiger partial charge in [-0.2, -0.15) is 0 Å². The van der Waals surface area contributed by atoms with Crippen molar-refractivity contribution in [3.8, 4) is 0 Å². The SMILES string of the molecule is C=C(C)C(=O)OC(=C(C)C(=O)OC=C(C)C(=O)OCc1ccccc1)C1CCCCC1. The second-order valence-electron chi connectivity index (χ2n) is 7.76. The molecule has 0 spiro atoms. The highest BCUT2D eigenvalue weighted by atomic mass is 16.6. The fraction of sp³-hybridized carbons (Fsp3) is 0.400. The third kappa shape index (κ3) is 7.55. The minimum absolute atomic E-state index is 0.0227. The van der Waals surface area contributed by atoms with Crippen LogP contribution in [0.25, 0.3) is 0 Å². The Morgan fingerprint density at radius 3 is 2.23 bits per heavy atom. The second kappa shape index (κ2) is 11.9. The van der Waals surface area contributed by atoms with Gasteiger partial charge in [-0.3, -0.25) is 0 Å². The first-order valence-electron chi connectivity index (χ1n) is 10.5. The molecule has 0 unspecified atom stereocenters. The maximum Gasteiger partial charge on any atom is 0.341 e. The van der Waals surface area contributed by atoms with Crippen LogP contribution in [-0.2, 0) is 35.2 Å². The van der Waals surface area contributed by atoms with Crippen molar-refractivity contribution in [3.05, 3.63) is 71.2 Å². The molecule has 0 aliphatic heterocycles. The number of allylic oxidation sites excluding steroid dienone is 1. The van der Waals surface area contributed by atoms with Crippen LogP contribution in [0.15, 0.2) is 65.7 Å².